The summed E-state index contributed by atoms with van der Waals surface area (Å²) in [4.78, 5) is 35.6. The Kier molecular flexibility index (Phi) is 4.79. The number of nitrogens with zero attached hydrogens (tertiary/aromatic N) is 4. The van der Waals surface area contributed by atoms with Gasteiger partial charge >= 0.3 is 0 Å². The minimum Gasteiger partial charge on any atom is -0.345 e. The van der Waals surface area contributed by atoms with Crippen molar-refractivity contribution in [3.63, 3.8) is 0 Å². The second-order valence-corrected chi connectivity index (χ2v) is 5.26. The van der Waals surface area contributed by atoms with Crippen LogP contribution >= 0.6 is 0 Å². The van der Waals surface area contributed by atoms with Gasteiger partial charge in [-0.05, 0) is 24.3 Å². The molecule has 0 fully saturated rings. The molecule has 0 spiro atoms. The third kappa shape index (κ3) is 4.25. The van der Waals surface area contributed by atoms with E-state index in [4.69, 9.17) is 0 Å². The van der Waals surface area contributed by atoms with Crippen LogP contribution in [0.25, 0.3) is 5.82 Å². The van der Waals surface area contributed by atoms with Crippen LogP contribution in [-0.2, 0) is 11.3 Å². The summed E-state index contributed by atoms with van der Waals surface area (Å²) in [6.07, 6.45) is 6.31. The van der Waals surface area contributed by atoms with Crippen molar-refractivity contribution >= 4 is 17.5 Å². The number of carbonyl (C=O) groups excluding carboxylic acids is 2. The topological polar surface area (TPSA) is 102 Å². The molecule has 0 unspecified atom stereocenters. The molecule has 2 N–H and O–H groups in total. The van der Waals surface area contributed by atoms with Gasteiger partial charge in [0.05, 0.1) is 24.1 Å². The van der Waals surface area contributed by atoms with Crippen molar-refractivity contribution in [1.29, 1.82) is 0 Å². The summed E-state index contributed by atoms with van der Waals surface area (Å²) in [7, 11) is 0. The number of rotatable bonds is 5. The van der Waals surface area contributed by atoms with Crippen LogP contribution in [-0.4, -0.2) is 31.3 Å². The molecule has 0 atom stereocenters. The lowest BCUT2D eigenvalue weighted by Gasteiger charge is -2.04. The lowest BCUT2D eigenvalue weighted by Crippen LogP contribution is -2.23. The van der Waals surface area contributed by atoms with Gasteiger partial charge in [0.15, 0.2) is 0 Å². The van der Waals surface area contributed by atoms with Crippen LogP contribution in [0.15, 0.2) is 55.2 Å². The Labute approximate surface area is 144 Å². The summed E-state index contributed by atoms with van der Waals surface area (Å²) in [5, 5.41) is 5.41. The molecule has 0 bridgehead atoms. The Hall–Kier alpha value is -3.55. The molecule has 8 nitrogen and oxygen atoms in total. The highest BCUT2D eigenvalue weighted by Gasteiger charge is 2.10. The second-order valence-electron chi connectivity index (χ2n) is 5.26. The summed E-state index contributed by atoms with van der Waals surface area (Å²) in [5.41, 5.74) is 1.65. The first-order chi connectivity index (χ1) is 12.1. The van der Waals surface area contributed by atoms with Crippen LogP contribution in [0, 0.1) is 0 Å². The van der Waals surface area contributed by atoms with Gasteiger partial charge in [-0.3, -0.25) is 19.1 Å². The van der Waals surface area contributed by atoms with Crippen LogP contribution in [0.3, 0.4) is 0 Å². The molecule has 3 heterocycles. The Morgan fingerprint density at radius 1 is 1.12 bits per heavy atom. The monoisotopic (exact) mass is 336 g/mol. The van der Waals surface area contributed by atoms with Crippen molar-refractivity contribution < 1.29 is 9.59 Å². The zero-order chi connectivity index (χ0) is 17.6. The van der Waals surface area contributed by atoms with Gasteiger partial charge in [-0.2, -0.15) is 0 Å². The van der Waals surface area contributed by atoms with E-state index < -0.39 is 0 Å². The maximum atomic E-state index is 12.2. The second kappa shape index (κ2) is 7.35. The SMILES string of the molecule is CC(=O)Nc1ccc(-n2cnc(C(=O)NCc3ccccn3)c2)nc1. The normalized spacial score (nSPS) is 10.3. The Morgan fingerprint density at radius 3 is 2.68 bits per heavy atom. The molecule has 0 aliphatic heterocycles. The van der Waals surface area contributed by atoms with E-state index in [9.17, 15) is 9.59 Å². The number of aromatic nitrogens is 4. The summed E-state index contributed by atoms with van der Waals surface area (Å²) >= 11 is 0. The smallest absolute Gasteiger partial charge is 0.271 e. The molecule has 0 saturated heterocycles. The van der Waals surface area contributed by atoms with Crippen LogP contribution in [0.2, 0.25) is 0 Å². The van der Waals surface area contributed by atoms with Gasteiger partial charge in [-0.1, -0.05) is 6.07 Å². The van der Waals surface area contributed by atoms with Crippen LogP contribution in [0.1, 0.15) is 23.1 Å². The van der Waals surface area contributed by atoms with Crippen molar-refractivity contribution in [2.45, 2.75) is 13.5 Å². The highest BCUT2D eigenvalue weighted by molar-refractivity contribution is 5.92. The summed E-state index contributed by atoms with van der Waals surface area (Å²) in [6.45, 7) is 1.76. The van der Waals surface area contributed by atoms with Gasteiger partial charge in [0, 0.05) is 19.3 Å². The molecule has 0 saturated carbocycles. The molecular formula is C17H16N6O2. The Balaban J connectivity index is 1.65. The molecule has 3 aromatic rings. The van der Waals surface area contributed by atoms with Crippen molar-refractivity contribution in [1.82, 2.24) is 24.8 Å². The van der Waals surface area contributed by atoms with Crippen molar-refractivity contribution in [3.8, 4) is 5.82 Å². The average Bonchev–Trinajstić information content (AvgIpc) is 3.11. The molecule has 0 aliphatic carbocycles. The van der Waals surface area contributed by atoms with E-state index in [-0.39, 0.29) is 17.5 Å². The quantitative estimate of drug-likeness (QED) is 0.736. The van der Waals surface area contributed by atoms with E-state index in [0.29, 0.717) is 18.1 Å². The van der Waals surface area contributed by atoms with Gasteiger partial charge in [0.25, 0.3) is 5.91 Å². The molecule has 25 heavy (non-hydrogen) atoms. The van der Waals surface area contributed by atoms with E-state index >= 15 is 0 Å². The number of hydrogen-bond acceptors (Lipinski definition) is 5. The first-order valence-electron chi connectivity index (χ1n) is 7.58. The fourth-order valence-corrected chi connectivity index (χ4v) is 2.15. The van der Waals surface area contributed by atoms with E-state index in [0.717, 1.165) is 5.69 Å². The Bertz CT molecular complexity index is 874. The fraction of sp³-hybridized carbons (Fsp3) is 0.118. The first-order valence-corrected chi connectivity index (χ1v) is 7.58. The fourth-order valence-electron chi connectivity index (χ4n) is 2.15. The maximum absolute atomic E-state index is 12.2. The van der Waals surface area contributed by atoms with Gasteiger partial charge in [-0.25, -0.2) is 9.97 Å². The molecule has 0 radical (unpaired) electrons. The summed E-state index contributed by atoms with van der Waals surface area (Å²) in [5.74, 6) is 0.133. The Morgan fingerprint density at radius 2 is 2.00 bits per heavy atom. The number of amides is 2. The number of imidazole rings is 1. The van der Waals surface area contributed by atoms with E-state index in [1.807, 2.05) is 18.2 Å². The predicted molar refractivity (Wildman–Crippen MR) is 91.1 cm³/mol. The first kappa shape index (κ1) is 16.3. The number of nitrogens with one attached hydrogen (secondary N) is 2. The molecule has 0 aliphatic rings. The zero-order valence-electron chi connectivity index (χ0n) is 13.5. The third-order valence-electron chi connectivity index (χ3n) is 3.30. The minimum absolute atomic E-state index is 0.163. The lowest BCUT2D eigenvalue weighted by atomic mass is 10.3. The van der Waals surface area contributed by atoms with Crippen molar-refractivity contribution in [2.75, 3.05) is 5.32 Å². The molecule has 126 valence electrons. The van der Waals surface area contributed by atoms with Crippen LogP contribution < -0.4 is 10.6 Å². The average molecular weight is 336 g/mol. The number of carbonyl (C=O) groups is 2. The van der Waals surface area contributed by atoms with Crippen LogP contribution in [0.5, 0.6) is 0 Å². The van der Waals surface area contributed by atoms with Gasteiger partial charge in [0.2, 0.25) is 5.91 Å². The largest absolute Gasteiger partial charge is 0.345 e. The van der Waals surface area contributed by atoms with Gasteiger partial charge < -0.3 is 10.6 Å². The maximum Gasteiger partial charge on any atom is 0.271 e. The molecule has 0 aromatic carbocycles. The summed E-state index contributed by atoms with van der Waals surface area (Å²) in [6, 6.07) is 8.96. The molecular weight excluding hydrogens is 320 g/mol. The predicted octanol–water partition coefficient (Wildman–Crippen LogP) is 1.55. The molecule has 3 aromatic heterocycles. The molecule has 2 amide bonds. The third-order valence-corrected chi connectivity index (χ3v) is 3.30. The van der Waals surface area contributed by atoms with Crippen LogP contribution in [0.4, 0.5) is 5.69 Å². The molecule has 8 heteroatoms. The van der Waals surface area contributed by atoms with Crippen molar-refractivity contribution in [2.24, 2.45) is 0 Å². The van der Waals surface area contributed by atoms with Crippen molar-refractivity contribution in [3.05, 3.63) is 66.6 Å². The van der Waals surface area contributed by atoms with Gasteiger partial charge in [0.1, 0.15) is 17.8 Å². The van der Waals surface area contributed by atoms with E-state index in [1.165, 1.54) is 19.4 Å². The highest BCUT2D eigenvalue weighted by Crippen LogP contribution is 2.10. The number of anilines is 1. The highest BCUT2D eigenvalue weighted by atomic mass is 16.2. The van der Waals surface area contributed by atoms with E-state index in [1.54, 1.807) is 29.1 Å². The lowest BCUT2D eigenvalue weighted by molar-refractivity contribution is -0.114. The minimum atomic E-state index is -0.292. The number of hydrogen-bond donors (Lipinski definition) is 2. The number of pyridine rings is 2. The van der Waals surface area contributed by atoms with Gasteiger partial charge in [-0.15, -0.1) is 0 Å². The zero-order valence-corrected chi connectivity index (χ0v) is 13.5. The summed E-state index contributed by atoms with van der Waals surface area (Å²) < 4.78 is 1.63. The molecule has 3 rings (SSSR count). The standard InChI is InChI=1S/C17H16N6O2/c1-12(24)22-14-5-6-16(19-9-14)23-10-15(21-11-23)17(25)20-8-13-4-2-3-7-18-13/h2-7,9-11H,8H2,1H3,(H,20,25)(H,22,24). The van der Waals surface area contributed by atoms with E-state index in [2.05, 4.69) is 25.6 Å².